The van der Waals surface area contributed by atoms with Crippen LogP contribution in [0.5, 0.6) is 0 Å². The lowest BCUT2D eigenvalue weighted by molar-refractivity contribution is 0.885. The highest BCUT2D eigenvalue weighted by molar-refractivity contribution is 14.1. The van der Waals surface area contributed by atoms with E-state index in [2.05, 4.69) is 69.8 Å². The van der Waals surface area contributed by atoms with Gasteiger partial charge in [-0.3, -0.25) is 3.53 Å². The summed E-state index contributed by atoms with van der Waals surface area (Å²) in [6, 6.07) is 12.3. The van der Waals surface area contributed by atoms with Crippen LogP contribution in [0.4, 0.5) is 0 Å². The molecule has 1 aromatic rings. The van der Waals surface area contributed by atoms with Gasteiger partial charge in [0.15, 0.2) is 0 Å². The molecule has 0 saturated heterocycles. The van der Waals surface area contributed by atoms with Crippen molar-refractivity contribution in [1.29, 1.82) is 0 Å². The number of nitrogens with one attached hydrogen (secondary N) is 1. The van der Waals surface area contributed by atoms with Gasteiger partial charge in [0, 0.05) is 29.4 Å². The van der Waals surface area contributed by atoms with Gasteiger partial charge in [0.25, 0.3) is 0 Å². The molecule has 3 heteroatoms. The zero-order valence-electron chi connectivity index (χ0n) is 8.89. The van der Waals surface area contributed by atoms with Crippen molar-refractivity contribution in [2.45, 2.75) is 25.6 Å². The summed E-state index contributed by atoms with van der Waals surface area (Å²) in [6.45, 7) is 6.04. The fraction of sp³-hybridized carbons (Fsp3) is 0.455. The van der Waals surface area contributed by atoms with Gasteiger partial charge in [0.1, 0.15) is 0 Å². The van der Waals surface area contributed by atoms with E-state index < -0.39 is 8.07 Å². The van der Waals surface area contributed by atoms with Crippen LogP contribution in [0.25, 0.3) is 0 Å². The summed E-state index contributed by atoms with van der Waals surface area (Å²) in [5.41, 5.74) is 0. The highest BCUT2D eigenvalue weighted by Crippen LogP contribution is 2.11. The largest absolute Gasteiger partial charge is 0.261 e. The quantitative estimate of drug-likeness (QED) is 0.381. The van der Waals surface area contributed by atoms with Crippen LogP contribution in [-0.4, -0.2) is 14.6 Å². The highest BCUT2D eigenvalue weighted by Gasteiger charge is 2.21. The molecule has 0 saturated carbocycles. The Morgan fingerprint density at radius 3 is 2.43 bits per heavy atom. The van der Waals surface area contributed by atoms with Crippen LogP contribution < -0.4 is 8.72 Å². The first-order valence-electron chi connectivity index (χ1n) is 5.06. The molecule has 0 aromatic heterocycles. The molecule has 1 rings (SSSR count). The fourth-order valence-corrected chi connectivity index (χ4v) is 4.46. The number of hydrogen-bond acceptors (Lipinski definition) is 1. The Kier molecular flexibility index (Phi) is 5.12. The normalized spacial score (nSPS) is 11.6. The summed E-state index contributed by atoms with van der Waals surface area (Å²) in [6.07, 6.45) is 1.29. The second-order valence-electron chi connectivity index (χ2n) is 4.24. The van der Waals surface area contributed by atoms with Gasteiger partial charge in [-0.15, -0.1) is 0 Å². The monoisotopic (exact) mass is 319 g/mol. The molecule has 0 heterocycles. The first kappa shape index (κ1) is 12.2. The minimum Gasteiger partial charge on any atom is -0.261 e. The Balaban J connectivity index is 2.56. The van der Waals surface area contributed by atoms with E-state index in [-0.39, 0.29) is 0 Å². The predicted molar refractivity (Wildman–Crippen MR) is 75.0 cm³/mol. The highest BCUT2D eigenvalue weighted by atomic mass is 127. The average Bonchev–Trinajstić information content (AvgIpc) is 2.19. The van der Waals surface area contributed by atoms with Crippen LogP contribution in [-0.2, 0) is 0 Å². The number of halogens is 1. The number of hydrogen-bond donors (Lipinski definition) is 1. The Morgan fingerprint density at radius 1 is 1.21 bits per heavy atom. The van der Waals surface area contributed by atoms with E-state index in [9.17, 15) is 0 Å². The lowest BCUT2D eigenvalue weighted by atomic mass is 10.4. The van der Waals surface area contributed by atoms with Crippen LogP contribution in [0.15, 0.2) is 30.3 Å². The number of rotatable bonds is 5. The Morgan fingerprint density at radius 2 is 1.86 bits per heavy atom. The standard InChI is InChI=1S/C11H18INSi/c1-14(2,10-6-9-13-12)11-7-4-3-5-8-11/h3-5,7-8,13H,6,9-10H2,1-2H3. The zero-order valence-corrected chi connectivity index (χ0v) is 12.0. The molecule has 1 nitrogen and oxygen atoms in total. The lowest BCUT2D eigenvalue weighted by Gasteiger charge is -2.22. The Hall–Kier alpha value is 0.127. The number of benzene rings is 1. The van der Waals surface area contributed by atoms with Crippen LogP contribution in [0.3, 0.4) is 0 Å². The molecular weight excluding hydrogens is 301 g/mol. The van der Waals surface area contributed by atoms with Crippen molar-refractivity contribution in [3.63, 3.8) is 0 Å². The molecule has 0 aliphatic carbocycles. The van der Waals surface area contributed by atoms with Crippen molar-refractivity contribution >= 4 is 36.1 Å². The van der Waals surface area contributed by atoms with E-state index >= 15 is 0 Å². The molecule has 78 valence electrons. The molecule has 0 atom stereocenters. The zero-order chi connectivity index (χ0) is 10.4. The molecule has 1 N–H and O–H groups in total. The van der Waals surface area contributed by atoms with Crippen molar-refractivity contribution < 1.29 is 0 Å². The third-order valence-electron chi connectivity index (χ3n) is 2.63. The molecule has 0 radical (unpaired) electrons. The summed E-state index contributed by atoms with van der Waals surface area (Å²) in [5, 5.41) is 1.58. The maximum Gasteiger partial charge on any atom is 0.0806 e. The Bertz CT molecular complexity index is 261. The van der Waals surface area contributed by atoms with Gasteiger partial charge in [-0.05, 0) is 6.42 Å². The summed E-state index contributed by atoms with van der Waals surface area (Å²) in [7, 11) is -1.16. The van der Waals surface area contributed by atoms with Gasteiger partial charge in [-0.1, -0.05) is 54.7 Å². The minimum atomic E-state index is -1.16. The fourth-order valence-electron chi connectivity index (χ4n) is 1.63. The summed E-state index contributed by atoms with van der Waals surface area (Å²) in [5.74, 6) is 0. The molecule has 0 bridgehead atoms. The molecule has 0 aliphatic heterocycles. The molecule has 1 aromatic carbocycles. The van der Waals surface area contributed by atoms with Crippen LogP contribution in [0.1, 0.15) is 6.42 Å². The lowest BCUT2D eigenvalue weighted by Crippen LogP contribution is -2.41. The maximum atomic E-state index is 3.18. The van der Waals surface area contributed by atoms with E-state index in [1.54, 1.807) is 5.19 Å². The van der Waals surface area contributed by atoms with E-state index in [0.29, 0.717) is 0 Å². The third-order valence-corrected chi connectivity index (χ3v) is 6.67. The van der Waals surface area contributed by atoms with Gasteiger partial charge in [-0.25, -0.2) is 0 Å². The van der Waals surface area contributed by atoms with Gasteiger partial charge in [0.2, 0.25) is 0 Å². The molecule has 14 heavy (non-hydrogen) atoms. The average molecular weight is 319 g/mol. The molecule has 0 aliphatic rings. The van der Waals surface area contributed by atoms with Gasteiger partial charge >= 0.3 is 0 Å². The molecule has 0 amide bonds. The first-order valence-corrected chi connectivity index (χ1v) is 9.34. The second kappa shape index (κ2) is 5.88. The third kappa shape index (κ3) is 3.71. The van der Waals surface area contributed by atoms with Crippen molar-refractivity contribution in [2.75, 3.05) is 6.54 Å². The van der Waals surface area contributed by atoms with Crippen LogP contribution >= 0.6 is 22.9 Å². The van der Waals surface area contributed by atoms with Crippen molar-refractivity contribution in [3.8, 4) is 0 Å². The molecule has 0 fully saturated rings. The predicted octanol–water partition coefficient (Wildman–Crippen LogP) is 2.93. The topological polar surface area (TPSA) is 12.0 Å². The van der Waals surface area contributed by atoms with E-state index in [0.717, 1.165) is 6.54 Å². The van der Waals surface area contributed by atoms with Crippen LogP contribution in [0.2, 0.25) is 19.1 Å². The van der Waals surface area contributed by atoms with E-state index in [1.807, 2.05) is 0 Å². The maximum absolute atomic E-state index is 3.18. The van der Waals surface area contributed by atoms with Gasteiger partial charge < -0.3 is 0 Å². The SMILES string of the molecule is C[Si](C)(CCCNI)c1ccccc1. The Labute approximate surface area is 102 Å². The summed E-state index contributed by atoms with van der Waals surface area (Å²) >= 11 is 2.22. The summed E-state index contributed by atoms with van der Waals surface area (Å²) < 4.78 is 3.18. The van der Waals surface area contributed by atoms with Gasteiger partial charge in [0.05, 0.1) is 8.07 Å². The van der Waals surface area contributed by atoms with Crippen LogP contribution in [0, 0.1) is 0 Å². The minimum absolute atomic E-state index is 1.13. The van der Waals surface area contributed by atoms with Crippen molar-refractivity contribution in [3.05, 3.63) is 30.3 Å². The molecular formula is C11H18INSi. The van der Waals surface area contributed by atoms with E-state index in [1.165, 1.54) is 12.5 Å². The molecule has 0 unspecified atom stereocenters. The van der Waals surface area contributed by atoms with Crippen molar-refractivity contribution in [1.82, 2.24) is 3.53 Å². The summed E-state index contributed by atoms with van der Waals surface area (Å²) in [4.78, 5) is 0. The first-order chi connectivity index (χ1) is 6.67. The van der Waals surface area contributed by atoms with Crippen molar-refractivity contribution in [2.24, 2.45) is 0 Å². The van der Waals surface area contributed by atoms with Gasteiger partial charge in [-0.2, -0.15) is 0 Å². The second-order valence-corrected chi connectivity index (χ2v) is 9.85. The smallest absolute Gasteiger partial charge is 0.0806 e. The molecule has 0 spiro atoms. The van der Waals surface area contributed by atoms with E-state index in [4.69, 9.17) is 0 Å².